The summed E-state index contributed by atoms with van der Waals surface area (Å²) in [5, 5.41) is 7.23. The summed E-state index contributed by atoms with van der Waals surface area (Å²) in [6.07, 6.45) is 0. The van der Waals surface area contributed by atoms with E-state index in [-0.39, 0.29) is 11.2 Å². The zero-order valence-corrected chi connectivity index (χ0v) is 18.1. The van der Waals surface area contributed by atoms with Gasteiger partial charge >= 0.3 is 0 Å². The highest BCUT2D eigenvalue weighted by atomic mass is 32.2. The number of hydrogen-bond acceptors (Lipinski definition) is 5. The van der Waals surface area contributed by atoms with Crippen LogP contribution in [0.4, 0.5) is 5.13 Å². The number of anilines is 1. The normalized spacial score (nSPS) is 12.1. The molecule has 4 aromatic rings. The van der Waals surface area contributed by atoms with E-state index in [2.05, 4.69) is 36.3 Å². The van der Waals surface area contributed by atoms with Crippen LogP contribution in [0, 0.1) is 13.8 Å². The predicted octanol–water partition coefficient (Wildman–Crippen LogP) is 6.09. The lowest BCUT2D eigenvalue weighted by molar-refractivity contribution is -0.115. The Morgan fingerprint density at radius 1 is 1.03 bits per heavy atom. The van der Waals surface area contributed by atoms with Crippen molar-refractivity contribution in [2.24, 2.45) is 0 Å². The van der Waals surface area contributed by atoms with Gasteiger partial charge in [0.15, 0.2) is 5.13 Å². The number of benzene rings is 2. The molecule has 1 amide bonds. The Balaban J connectivity index is 1.47. The summed E-state index contributed by atoms with van der Waals surface area (Å²) in [4.78, 5) is 22.0. The lowest BCUT2D eigenvalue weighted by Gasteiger charge is -2.12. The van der Waals surface area contributed by atoms with E-state index in [4.69, 9.17) is 4.98 Å². The highest BCUT2D eigenvalue weighted by Crippen LogP contribution is 2.29. The monoisotopic (exact) mass is 419 g/mol. The molecule has 0 aliphatic rings. The molecule has 29 heavy (non-hydrogen) atoms. The van der Waals surface area contributed by atoms with E-state index in [1.54, 1.807) is 0 Å². The molecule has 6 heteroatoms. The van der Waals surface area contributed by atoms with Gasteiger partial charge in [0.25, 0.3) is 0 Å². The number of rotatable bonds is 5. The van der Waals surface area contributed by atoms with Crippen LogP contribution in [0.5, 0.6) is 0 Å². The Bertz CT molecular complexity index is 1170. The third kappa shape index (κ3) is 4.33. The van der Waals surface area contributed by atoms with Gasteiger partial charge < -0.3 is 5.32 Å². The number of para-hydroxylation sites is 1. The minimum atomic E-state index is -0.285. The van der Waals surface area contributed by atoms with Gasteiger partial charge in [-0.15, -0.1) is 11.3 Å². The second-order valence-electron chi connectivity index (χ2n) is 6.90. The molecule has 1 atom stereocenters. The van der Waals surface area contributed by atoms with Gasteiger partial charge in [-0.05, 0) is 38.0 Å². The third-order valence-corrected chi connectivity index (χ3v) is 6.47. The summed E-state index contributed by atoms with van der Waals surface area (Å²) >= 11 is 2.90. The SMILES string of the molecule is Cc1cc(SC(C)C(=O)Nc2nc(-c3ccccc3)cs2)nc2c(C)cccc12. The molecule has 2 aromatic carbocycles. The summed E-state index contributed by atoms with van der Waals surface area (Å²) in [6.45, 7) is 6.04. The van der Waals surface area contributed by atoms with Gasteiger partial charge in [-0.3, -0.25) is 4.79 Å². The molecule has 2 heterocycles. The second kappa shape index (κ2) is 8.35. The lowest BCUT2D eigenvalue weighted by Crippen LogP contribution is -2.22. The van der Waals surface area contributed by atoms with Crippen LogP contribution in [0.3, 0.4) is 0 Å². The molecule has 1 unspecified atom stereocenters. The van der Waals surface area contributed by atoms with Crippen molar-refractivity contribution in [2.75, 3.05) is 5.32 Å². The number of fused-ring (bicyclic) bond motifs is 1. The minimum Gasteiger partial charge on any atom is -0.301 e. The molecule has 0 aliphatic heterocycles. The second-order valence-corrected chi connectivity index (χ2v) is 9.12. The van der Waals surface area contributed by atoms with Gasteiger partial charge in [0.05, 0.1) is 21.5 Å². The summed E-state index contributed by atoms with van der Waals surface area (Å²) < 4.78 is 0. The lowest BCUT2D eigenvalue weighted by atomic mass is 10.1. The highest BCUT2D eigenvalue weighted by molar-refractivity contribution is 8.00. The smallest absolute Gasteiger partial charge is 0.239 e. The summed E-state index contributed by atoms with van der Waals surface area (Å²) in [5.41, 5.74) is 5.21. The first-order valence-electron chi connectivity index (χ1n) is 9.36. The largest absolute Gasteiger partial charge is 0.301 e. The molecule has 0 bridgehead atoms. The molecule has 0 fully saturated rings. The molecule has 0 radical (unpaired) electrons. The fourth-order valence-corrected chi connectivity index (χ4v) is 4.75. The number of pyridine rings is 1. The molecule has 0 saturated carbocycles. The fraction of sp³-hybridized carbons (Fsp3) is 0.174. The van der Waals surface area contributed by atoms with E-state index in [9.17, 15) is 4.79 Å². The Morgan fingerprint density at radius 2 is 1.83 bits per heavy atom. The first kappa shape index (κ1) is 19.6. The van der Waals surface area contributed by atoms with Crippen molar-refractivity contribution >= 4 is 45.0 Å². The number of carbonyl (C=O) groups excluding carboxylic acids is 1. The number of thiazole rings is 1. The summed E-state index contributed by atoms with van der Waals surface area (Å²) in [6, 6.07) is 18.2. The number of carbonyl (C=O) groups is 1. The molecule has 4 rings (SSSR count). The molecule has 0 aliphatic carbocycles. The van der Waals surface area contributed by atoms with Crippen molar-refractivity contribution < 1.29 is 4.79 Å². The van der Waals surface area contributed by atoms with Crippen LogP contribution in [0.1, 0.15) is 18.1 Å². The zero-order chi connectivity index (χ0) is 20.4. The maximum atomic E-state index is 12.7. The molecule has 0 saturated heterocycles. The Hall–Kier alpha value is -2.70. The molecular formula is C23H21N3OS2. The van der Waals surface area contributed by atoms with Crippen molar-refractivity contribution in [3.63, 3.8) is 0 Å². The minimum absolute atomic E-state index is 0.0757. The van der Waals surface area contributed by atoms with Crippen molar-refractivity contribution in [1.29, 1.82) is 0 Å². The van der Waals surface area contributed by atoms with Crippen molar-refractivity contribution in [2.45, 2.75) is 31.0 Å². The first-order chi connectivity index (χ1) is 14.0. The van der Waals surface area contributed by atoms with Gasteiger partial charge in [0.2, 0.25) is 5.91 Å². The number of thioether (sulfide) groups is 1. The van der Waals surface area contributed by atoms with Crippen LogP contribution in [0.15, 0.2) is 65.0 Å². The van der Waals surface area contributed by atoms with Crippen molar-refractivity contribution in [1.82, 2.24) is 9.97 Å². The molecular weight excluding hydrogens is 398 g/mol. The van der Waals surface area contributed by atoms with Gasteiger partial charge in [0, 0.05) is 16.3 Å². The van der Waals surface area contributed by atoms with Gasteiger partial charge in [-0.25, -0.2) is 9.97 Å². The number of hydrogen-bond donors (Lipinski definition) is 1. The van der Waals surface area contributed by atoms with E-state index in [1.165, 1.54) is 28.7 Å². The molecule has 4 nitrogen and oxygen atoms in total. The average molecular weight is 420 g/mol. The Morgan fingerprint density at radius 3 is 2.62 bits per heavy atom. The first-order valence-corrected chi connectivity index (χ1v) is 11.1. The van der Waals surface area contributed by atoms with Gasteiger partial charge in [-0.1, -0.05) is 60.3 Å². The molecule has 1 N–H and O–H groups in total. The maximum absolute atomic E-state index is 12.7. The topological polar surface area (TPSA) is 54.9 Å². The molecule has 2 aromatic heterocycles. The van der Waals surface area contributed by atoms with Crippen LogP contribution < -0.4 is 5.32 Å². The Labute approximate surface area is 178 Å². The number of amides is 1. The number of aryl methyl sites for hydroxylation is 2. The maximum Gasteiger partial charge on any atom is 0.239 e. The van der Waals surface area contributed by atoms with Crippen LogP contribution in [-0.4, -0.2) is 21.1 Å². The van der Waals surface area contributed by atoms with Crippen molar-refractivity contribution in [3.8, 4) is 11.3 Å². The van der Waals surface area contributed by atoms with Gasteiger partial charge in [-0.2, -0.15) is 0 Å². The standard InChI is InChI=1S/C23H21N3OS2/c1-14-8-7-11-18-15(2)12-20(25-21(14)18)29-16(3)22(27)26-23-24-19(13-28-23)17-9-5-4-6-10-17/h4-13,16H,1-3H3,(H,24,26,27). The third-order valence-electron chi connectivity index (χ3n) is 4.70. The highest BCUT2D eigenvalue weighted by Gasteiger charge is 2.18. The van der Waals surface area contributed by atoms with E-state index in [0.29, 0.717) is 5.13 Å². The van der Waals surface area contributed by atoms with E-state index in [1.807, 2.05) is 54.8 Å². The van der Waals surface area contributed by atoms with Crippen LogP contribution in [0.2, 0.25) is 0 Å². The Kier molecular flexibility index (Phi) is 5.65. The summed E-state index contributed by atoms with van der Waals surface area (Å²) in [5.74, 6) is -0.0757. The number of aromatic nitrogens is 2. The van der Waals surface area contributed by atoms with Crippen LogP contribution in [-0.2, 0) is 4.79 Å². The van der Waals surface area contributed by atoms with Gasteiger partial charge in [0.1, 0.15) is 0 Å². The fourth-order valence-electron chi connectivity index (χ4n) is 3.11. The van der Waals surface area contributed by atoms with E-state index >= 15 is 0 Å². The number of nitrogens with zero attached hydrogens (tertiary/aromatic N) is 2. The van der Waals surface area contributed by atoms with E-state index in [0.717, 1.165) is 32.7 Å². The van der Waals surface area contributed by atoms with Crippen LogP contribution >= 0.6 is 23.1 Å². The van der Waals surface area contributed by atoms with Crippen molar-refractivity contribution in [3.05, 3.63) is 71.1 Å². The predicted molar refractivity (Wildman–Crippen MR) is 123 cm³/mol. The van der Waals surface area contributed by atoms with E-state index < -0.39 is 0 Å². The zero-order valence-electron chi connectivity index (χ0n) is 16.5. The average Bonchev–Trinajstić information content (AvgIpc) is 3.18. The molecule has 0 spiro atoms. The number of nitrogens with one attached hydrogen (secondary N) is 1. The summed E-state index contributed by atoms with van der Waals surface area (Å²) in [7, 11) is 0. The quantitative estimate of drug-likeness (QED) is 0.397. The van der Waals surface area contributed by atoms with Crippen LogP contribution in [0.25, 0.3) is 22.2 Å². The molecule has 146 valence electrons.